The first-order valence-corrected chi connectivity index (χ1v) is 6.23. The van der Waals surface area contributed by atoms with E-state index in [0.29, 0.717) is 12.4 Å². The lowest BCUT2D eigenvalue weighted by molar-refractivity contribution is 0.306. The number of rotatable bonds is 5. The number of hydrogen-bond acceptors (Lipinski definition) is 3. The van der Waals surface area contributed by atoms with Gasteiger partial charge in [0.1, 0.15) is 18.2 Å². The molecule has 0 unspecified atom stereocenters. The Bertz CT molecular complexity index is 649. The lowest BCUT2D eigenvalue weighted by Gasteiger charge is -2.06. The first-order chi connectivity index (χ1) is 10.1. The Morgan fingerprint density at radius 2 is 1.90 bits per heavy atom. The summed E-state index contributed by atoms with van der Waals surface area (Å²) < 4.78 is 18.4. The van der Waals surface area contributed by atoms with Crippen molar-refractivity contribution in [2.45, 2.75) is 6.61 Å². The molecule has 2 rings (SSSR count). The van der Waals surface area contributed by atoms with Crippen LogP contribution in [0.15, 0.2) is 58.7 Å². The van der Waals surface area contributed by atoms with E-state index in [4.69, 9.17) is 16.2 Å². The number of ether oxygens (including phenoxy) is 1. The molecule has 4 N–H and O–H groups in total. The maximum absolute atomic E-state index is 12.8. The Morgan fingerprint density at radius 1 is 1.14 bits per heavy atom. The van der Waals surface area contributed by atoms with E-state index in [1.54, 1.807) is 18.2 Å². The molecule has 108 valence electrons. The summed E-state index contributed by atoms with van der Waals surface area (Å²) in [5.74, 6) is 0.305. The molecule has 0 saturated carbocycles. The van der Waals surface area contributed by atoms with Gasteiger partial charge >= 0.3 is 0 Å². The highest BCUT2D eigenvalue weighted by molar-refractivity contribution is 5.81. The van der Waals surface area contributed by atoms with Crippen LogP contribution in [0, 0.1) is 5.82 Å². The molecule has 0 radical (unpaired) electrons. The van der Waals surface area contributed by atoms with E-state index >= 15 is 0 Å². The van der Waals surface area contributed by atoms with Crippen LogP contribution >= 0.6 is 0 Å². The van der Waals surface area contributed by atoms with Crippen LogP contribution in [0.2, 0.25) is 0 Å². The van der Waals surface area contributed by atoms with Gasteiger partial charge in [-0.15, -0.1) is 5.10 Å². The SMILES string of the molecule is NC(N)=N/N=C/c1cccc(OCc2ccc(F)cc2)c1. The molecule has 2 aromatic rings. The average molecular weight is 286 g/mol. The number of halogens is 1. The van der Waals surface area contributed by atoms with Crippen molar-refractivity contribution in [1.29, 1.82) is 0 Å². The minimum absolute atomic E-state index is 0.102. The largest absolute Gasteiger partial charge is 0.489 e. The number of benzene rings is 2. The van der Waals surface area contributed by atoms with Crippen molar-refractivity contribution in [1.82, 2.24) is 0 Å². The Balaban J connectivity index is 1.99. The Kier molecular flexibility index (Phi) is 4.87. The van der Waals surface area contributed by atoms with Crippen LogP contribution in [0.1, 0.15) is 11.1 Å². The van der Waals surface area contributed by atoms with Crippen molar-refractivity contribution in [3.8, 4) is 5.75 Å². The van der Waals surface area contributed by atoms with Crippen LogP contribution in [0.25, 0.3) is 0 Å². The average Bonchev–Trinajstić information content (AvgIpc) is 2.47. The number of hydrogen-bond donors (Lipinski definition) is 2. The fourth-order valence-electron chi connectivity index (χ4n) is 1.59. The lowest BCUT2D eigenvalue weighted by atomic mass is 10.2. The molecule has 6 heteroatoms. The van der Waals surface area contributed by atoms with Crippen molar-refractivity contribution in [2.24, 2.45) is 21.7 Å². The van der Waals surface area contributed by atoms with Crippen LogP contribution in [0.5, 0.6) is 5.75 Å². The van der Waals surface area contributed by atoms with Gasteiger partial charge in [0.15, 0.2) is 0 Å². The van der Waals surface area contributed by atoms with E-state index < -0.39 is 0 Å². The standard InChI is InChI=1S/C15H15FN4O/c16-13-6-4-11(5-7-13)10-21-14-3-1-2-12(8-14)9-19-20-15(17)18/h1-9H,10H2,(H4,17,18,20)/b19-9+. The monoisotopic (exact) mass is 286 g/mol. The van der Waals surface area contributed by atoms with Crippen LogP contribution in [0.4, 0.5) is 4.39 Å². The molecule has 21 heavy (non-hydrogen) atoms. The van der Waals surface area contributed by atoms with Crippen LogP contribution in [-0.4, -0.2) is 12.2 Å². The third-order valence-electron chi connectivity index (χ3n) is 2.56. The lowest BCUT2D eigenvalue weighted by Crippen LogP contribution is -2.21. The maximum atomic E-state index is 12.8. The molecule has 5 nitrogen and oxygen atoms in total. The first kappa shape index (κ1) is 14.5. The Morgan fingerprint density at radius 3 is 2.62 bits per heavy atom. The topological polar surface area (TPSA) is 86.0 Å². The zero-order chi connectivity index (χ0) is 15.1. The molecule has 0 aromatic heterocycles. The molecule has 0 saturated heterocycles. The minimum Gasteiger partial charge on any atom is -0.489 e. The number of nitrogens with zero attached hydrogens (tertiary/aromatic N) is 2. The molecule has 0 amide bonds. The van der Waals surface area contributed by atoms with E-state index in [-0.39, 0.29) is 11.8 Å². The van der Waals surface area contributed by atoms with Crippen molar-refractivity contribution in [3.05, 3.63) is 65.5 Å². The van der Waals surface area contributed by atoms with Gasteiger partial charge in [-0.05, 0) is 35.4 Å². The highest BCUT2D eigenvalue weighted by atomic mass is 19.1. The summed E-state index contributed by atoms with van der Waals surface area (Å²) in [7, 11) is 0. The smallest absolute Gasteiger partial charge is 0.211 e. The van der Waals surface area contributed by atoms with Crippen LogP contribution in [0.3, 0.4) is 0 Å². The zero-order valence-electron chi connectivity index (χ0n) is 11.2. The molecular formula is C15H15FN4O. The summed E-state index contributed by atoms with van der Waals surface area (Å²) in [5, 5.41) is 7.24. The zero-order valence-corrected chi connectivity index (χ0v) is 11.2. The Labute approximate surface area is 121 Å². The second kappa shape index (κ2) is 7.04. The van der Waals surface area contributed by atoms with Gasteiger partial charge in [0.2, 0.25) is 5.96 Å². The summed E-state index contributed by atoms with van der Waals surface area (Å²) in [6.07, 6.45) is 1.52. The summed E-state index contributed by atoms with van der Waals surface area (Å²) in [6.45, 7) is 0.356. The molecule has 0 heterocycles. The van der Waals surface area contributed by atoms with E-state index in [2.05, 4.69) is 10.2 Å². The molecule has 2 aromatic carbocycles. The summed E-state index contributed by atoms with van der Waals surface area (Å²) in [5.41, 5.74) is 12.0. The van der Waals surface area contributed by atoms with Gasteiger partial charge in [-0.3, -0.25) is 0 Å². The molecule has 0 bridgehead atoms. The minimum atomic E-state index is -0.267. The normalized spacial score (nSPS) is 10.5. The molecule has 0 aliphatic carbocycles. The van der Waals surface area contributed by atoms with Gasteiger partial charge in [0, 0.05) is 0 Å². The molecule has 0 atom stereocenters. The van der Waals surface area contributed by atoms with E-state index in [9.17, 15) is 4.39 Å². The Hall–Kier alpha value is -2.89. The third-order valence-corrected chi connectivity index (χ3v) is 2.56. The van der Waals surface area contributed by atoms with Gasteiger partial charge in [-0.25, -0.2) is 4.39 Å². The van der Waals surface area contributed by atoms with E-state index in [1.807, 2.05) is 18.2 Å². The summed E-state index contributed by atoms with van der Waals surface area (Å²) >= 11 is 0. The molecule has 0 fully saturated rings. The van der Waals surface area contributed by atoms with Crippen molar-refractivity contribution in [3.63, 3.8) is 0 Å². The highest BCUT2D eigenvalue weighted by Crippen LogP contribution is 2.14. The van der Waals surface area contributed by atoms with E-state index in [0.717, 1.165) is 11.1 Å². The molecule has 0 aliphatic heterocycles. The molecular weight excluding hydrogens is 271 g/mol. The predicted octanol–water partition coefficient (Wildman–Crippen LogP) is 2.01. The van der Waals surface area contributed by atoms with Crippen molar-refractivity contribution < 1.29 is 9.13 Å². The van der Waals surface area contributed by atoms with Gasteiger partial charge < -0.3 is 16.2 Å². The van der Waals surface area contributed by atoms with Crippen molar-refractivity contribution >= 4 is 12.2 Å². The number of nitrogens with two attached hydrogens (primary N) is 2. The molecule has 0 spiro atoms. The summed E-state index contributed by atoms with van der Waals surface area (Å²) in [6, 6.07) is 13.5. The highest BCUT2D eigenvalue weighted by Gasteiger charge is 1.98. The van der Waals surface area contributed by atoms with Gasteiger partial charge in [0.05, 0.1) is 6.21 Å². The molecule has 0 aliphatic rings. The second-order valence-electron chi connectivity index (χ2n) is 4.26. The summed E-state index contributed by atoms with van der Waals surface area (Å²) in [4.78, 5) is 0. The maximum Gasteiger partial charge on any atom is 0.211 e. The van der Waals surface area contributed by atoms with Crippen molar-refractivity contribution in [2.75, 3.05) is 0 Å². The fourth-order valence-corrected chi connectivity index (χ4v) is 1.59. The van der Waals surface area contributed by atoms with E-state index in [1.165, 1.54) is 18.3 Å². The van der Waals surface area contributed by atoms with Gasteiger partial charge in [-0.2, -0.15) is 5.10 Å². The number of guanidine groups is 1. The second-order valence-corrected chi connectivity index (χ2v) is 4.26. The van der Waals surface area contributed by atoms with Gasteiger partial charge in [0.25, 0.3) is 0 Å². The van der Waals surface area contributed by atoms with Gasteiger partial charge in [-0.1, -0.05) is 24.3 Å². The third kappa shape index (κ3) is 4.94. The van der Waals surface area contributed by atoms with Crippen LogP contribution < -0.4 is 16.2 Å². The predicted molar refractivity (Wildman–Crippen MR) is 80.6 cm³/mol. The van der Waals surface area contributed by atoms with Crippen LogP contribution in [-0.2, 0) is 6.61 Å². The quantitative estimate of drug-likeness (QED) is 0.501. The fraction of sp³-hybridized carbons (Fsp3) is 0.0667. The first-order valence-electron chi connectivity index (χ1n) is 6.23.